The van der Waals surface area contributed by atoms with Crippen LogP contribution in [-0.2, 0) is 0 Å². The highest BCUT2D eigenvalue weighted by Gasteiger charge is 2.21. The Morgan fingerprint density at radius 1 is 1.19 bits per heavy atom. The highest BCUT2D eigenvalue weighted by molar-refractivity contribution is 5.60. The third-order valence-corrected chi connectivity index (χ3v) is 3.65. The van der Waals surface area contributed by atoms with Gasteiger partial charge in [-0.1, -0.05) is 27.7 Å². The average molecular weight is 294 g/mol. The lowest BCUT2D eigenvalue weighted by Gasteiger charge is -2.25. The first-order valence-electron chi connectivity index (χ1n) is 7.50. The quantitative estimate of drug-likeness (QED) is 0.563. The van der Waals surface area contributed by atoms with Gasteiger partial charge >= 0.3 is 5.69 Å². The Labute approximate surface area is 126 Å². The second-order valence-corrected chi connectivity index (χ2v) is 5.88. The molecule has 0 saturated heterocycles. The number of hydrogen-bond acceptors (Lipinski definition) is 5. The van der Waals surface area contributed by atoms with Crippen LogP contribution >= 0.6 is 0 Å². The summed E-state index contributed by atoms with van der Waals surface area (Å²) in [5.41, 5.74) is 0.0166. The van der Waals surface area contributed by atoms with E-state index in [9.17, 15) is 10.1 Å². The van der Waals surface area contributed by atoms with Gasteiger partial charge in [0.05, 0.1) is 4.92 Å². The topological polar surface area (TPSA) is 80.1 Å². The summed E-state index contributed by atoms with van der Waals surface area (Å²) in [5.74, 6) is 2.44. The molecule has 0 bridgehead atoms. The number of nitro groups is 1. The minimum absolute atomic E-state index is 0.0166. The average Bonchev–Trinajstić information content (AvgIpc) is 2.38. The monoisotopic (exact) mass is 294 g/mol. The van der Waals surface area contributed by atoms with Crippen molar-refractivity contribution in [1.29, 1.82) is 0 Å². The van der Waals surface area contributed by atoms with Gasteiger partial charge in [0.15, 0.2) is 0 Å². The molecule has 0 spiro atoms. The van der Waals surface area contributed by atoms with Crippen molar-refractivity contribution >= 4 is 17.3 Å². The van der Waals surface area contributed by atoms with Crippen molar-refractivity contribution in [2.75, 3.05) is 23.7 Å². The lowest BCUT2D eigenvalue weighted by atomic mass is 9.85. The first kappa shape index (κ1) is 17.2. The number of nitrogens with zero attached hydrogens (tertiary/aromatic N) is 2. The van der Waals surface area contributed by atoms with Crippen LogP contribution in [0, 0.1) is 27.9 Å². The molecule has 0 aromatic carbocycles. The molecular formula is C15H26N4O2. The molecule has 6 heteroatoms. The molecule has 1 rings (SSSR count). The predicted molar refractivity (Wildman–Crippen MR) is 86.7 cm³/mol. The van der Waals surface area contributed by atoms with Gasteiger partial charge in [-0.3, -0.25) is 10.1 Å². The van der Waals surface area contributed by atoms with Crippen molar-refractivity contribution in [3.05, 3.63) is 22.2 Å². The summed E-state index contributed by atoms with van der Waals surface area (Å²) in [7, 11) is 0. The summed E-state index contributed by atoms with van der Waals surface area (Å²) in [6, 6.07) is 3.13. The Balaban J connectivity index is 2.93. The molecule has 1 aromatic heterocycles. The highest BCUT2D eigenvalue weighted by atomic mass is 16.6. The largest absolute Gasteiger partial charge is 0.370 e. The molecule has 6 nitrogen and oxygen atoms in total. The highest BCUT2D eigenvalue weighted by Crippen LogP contribution is 2.26. The third-order valence-electron chi connectivity index (χ3n) is 3.65. The van der Waals surface area contributed by atoms with Crippen LogP contribution in [0.1, 0.15) is 34.6 Å². The summed E-state index contributed by atoms with van der Waals surface area (Å²) >= 11 is 0. The van der Waals surface area contributed by atoms with E-state index < -0.39 is 4.92 Å². The zero-order chi connectivity index (χ0) is 16.0. The fourth-order valence-corrected chi connectivity index (χ4v) is 2.46. The van der Waals surface area contributed by atoms with Crippen molar-refractivity contribution in [3.63, 3.8) is 0 Å². The molecular weight excluding hydrogens is 268 g/mol. The van der Waals surface area contributed by atoms with Crippen LogP contribution in [0.25, 0.3) is 0 Å². The van der Waals surface area contributed by atoms with Gasteiger partial charge in [0.2, 0.25) is 5.82 Å². The zero-order valence-corrected chi connectivity index (χ0v) is 13.5. The second-order valence-electron chi connectivity index (χ2n) is 5.88. The Kier molecular flexibility index (Phi) is 6.39. The second kappa shape index (κ2) is 7.81. The zero-order valence-electron chi connectivity index (χ0n) is 13.5. The van der Waals surface area contributed by atoms with Crippen LogP contribution in [0.5, 0.6) is 0 Å². The maximum absolute atomic E-state index is 11.1. The van der Waals surface area contributed by atoms with Crippen molar-refractivity contribution in [1.82, 2.24) is 4.98 Å². The van der Waals surface area contributed by atoms with E-state index in [1.165, 1.54) is 6.07 Å². The molecule has 1 aromatic rings. The minimum Gasteiger partial charge on any atom is -0.370 e. The minimum atomic E-state index is -0.398. The molecule has 21 heavy (non-hydrogen) atoms. The third kappa shape index (κ3) is 4.88. The molecule has 118 valence electrons. The summed E-state index contributed by atoms with van der Waals surface area (Å²) in [6.45, 7) is 12.0. The fourth-order valence-electron chi connectivity index (χ4n) is 2.46. The van der Waals surface area contributed by atoms with Crippen LogP contribution in [-0.4, -0.2) is 23.0 Å². The SMILES string of the molecule is CCNc1ccc([N+](=O)[O-])c(NCC(C(C)C)C(C)C)n1. The lowest BCUT2D eigenvalue weighted by molar-refractivity contribution is -0.384. The Morgan fingerprint density at radius 2 is 1.81 bits per heavy atom. The molecule has 1 heterocycles. The first-order valence-corrected chi connectivity index (χ1v) is 7.50. The van der Waals surface area contributed by atoms with Crippen LogP contribution in [0.4, 0.5) is 17.3 Å². The summed E-state index contributed by atoms with van der Waals surface area (Å²) in [6.07, 6.45) is 0. The van der Waals surface area contributed by atoms with Crippen molar-refractivity contribution < 1.29 is 4.92 Å². The van der Waals surface area contributed by atoms with Gasteiger partial charge in [0.25, 0.3) is 0 Å². The molecule has 0 amide bonds. The van der Waals surface area contributed by atoms with Crippen molar-refractivity contribution in [2.24, 2.45) is 17.8 Å². The van der Waals surface area contributed by atoms with E-state index in [2.05, 4.69) is 43.3 Å². The standard InChI is InChI=1S/C15H26N4O2/c1-6-16-14-8-7-13(19(20)21)15(18-14)17-9-12(10(2)3)11(4)5/h7-8,10-12H,6,9H2,1-5H3,(H2,16,17,18). The molecule has 2 N–H and O–H groups in total. The lowest BCUT2D eigenvalue weighted by Crippen LogP contribution is -2.25. The number of nitrogens with one attached hydrogen (secondary N) is 2. The van der Waals surface area contributed by atoms with Crippen molar-refractivity contribution in [2.45, 2.75) is 34.6 Å². The molecule has 0 aliphatic carbocycles. The maximum atomic E-state index is 11.1. The van der Waals surface area contributed by atoms with Gasteiger partial charge in [-0.15, -0.1) is 0 Å². The molecule has 0 aliphatic heterocycles. The fraction of sp³-hybridized carbons (Fsp3) is 0.667. The molecule has 0 radical (unpaired) electrons. The van der Waals surface area contributed by atoms with Crippen LogP contribution in [0.2, 0.25) is 0 Å². The summed E-state index contributed by atoms with van der Waals surface area (Å²) in [4.78, 5) is 15.0. The van der Waals surface area contributed by atoms with E-state index >= 15 is 0 Å². The molecule has 0 fully saturated rings. The number of rotatable bonds is 8. The van der Waals surface area contributed by atoms with Gasteiger partial charge in [-0.2, -0.15) is 0 Å². The number of anilines is 2. The van der Waals surface area contributed by atoms with E-state index in [1.54, 1.807) is 6.07 Å². The predicted octanol–water partition coefficient (Wildman–Crippen LogP) is 3.76. The number of pyridine rings is 1. The molecule has 0 unspecified atom stereocenters. The normalized spacial score (nSPS) is 11.2. The first-order chi connectivity index (χ1) is 9.86. The van der Waals surface area contributed by atoms with Gasteiger partial charge < -0.3 is 10.6 Å². The molecule has 0 aliphatic rings. The number of hydrogen-bond donors (Lipinski definition) is 2. The maximum Gasteiger partial charge on any atom is 0.311 e. The Bertz CT molecular complexity index is 467. The summed E-state index contributed by atoms with van der Waals surface area (Å²) < 4.78 is 0. The van der Waals surface area contributed by atoms with E-state index in [4.69, 9.17) is 0 Å². The molecule has 0 atom stereocenters. The van der Waals surface area contributed by atoms with Crippen LogP contribution in [0.15, 0.2) is 12.1 Å². The smallest absolute Gasteiger partial charge is 0.311 e. The van der Waals surface area contributed by atoms with E-state index in [0.29, 0.717) is 35.9 Å². The van der Waals surface area contributed by atoms with E-state index in [0.717, 1.165) is 6.54 Å². The van der Waals surface area contributed by atoms with E-state index in [1.807, 2.05) is 6.92 Å². The van der Waals surface area contributed by atoms with Crippen LogP contribution < -0.4 is 10.6 Å². The van der Waals surface area contributed by atoms with Gasteiger partial charge in [0.1, 0.15) is 5.82 Å². The van der Waals surface area contributed by atoms with Gasteiger partial charge in [-0.05, 0) is 30.7 Å². The Morgan fingerprint density at radius 3 is 2.29 bits per heavy atom. The van der Waals surface area contributed by atoms with E-state index in [-0.39, 0.29) is 5.69 Å². The van der Waals surface area contributed by atoms with Gasteiger partial charge in [0, 0.05) is 19.2 Å². The van der Waals surface area contributed by atoms with Gasteiger partial charge in [-0.25, -0.2) is 4.98 Å². The van der Waals surface area contributed by atoms with Crippen molar-refractivity contribution in [3.8, 4) is 0 Å². The Hall–Kier alpha value is -1.85. The molecule has 0 saturated carbocycles. The number of aromatic nitrogens is 1. The summed E-state index contributed by atoms with van der Waals surface area (Å²) in [5, 5.41) is 17.3. The van der Waals surface area contributed by atoms with Crippen LogP contribution in [0.3, 0.4) is 0 Å².